The van der Waals surface area contributed by atoms with Crippen LogP contribution in [0.1, 0.15) is 21.5 Å². The van der Waals surface area contributed by atoms with Crippen LogP contribution < -0.4 is 15.2 Å². The first-order chi connectivity index (χ1) is 10.1. The van der Waals surface area contributed by atoms with Gasteiger partial charge in [0.2, 0.25) is 5.91 Å². The Morgan fingerprint density at radius 3 is 2.19 bits per heavy atom. The molecule has 2 rings (SSSR count). The first-order valence-corrected chi connectivity index (χ1v) is 6.12. The van der Waals surface area contributed by atoms with Crippen molar-refractivity contribution in [3.63, 3.8) is 0 Å². The molecule has 21 heavy (non-hydrogen) atoms. The van der Waals surface area contributed by atoms with Gasteiger partial charge in [0.25, 0.3) is 0 Å². The van der Waals surface area contributed by atoms with E-state index in [0.717, 1.165) is 5.56 Å². The van der Waals surface area contributed by atoms with Gasteiger partial charge < -0.3 is 15.2 Å². The number of rotatable bonds is 3. The lowest BCUT2D eigenvalue weighted by molar-refractivity contribution is 0.1000. The SMILES string of the molecule is COc1cc(C#Cc2cncc(C(N)=O)c2)cc(OC)c1. The maximum Gasteiger partial charge on any atom is 0.250 e. The van der Waals surface area contributed by atoms with Crippen molar-refractivity contribution in [1.82, 2.24) is 4.98 Å². The minimum absolute atomic E-state index is 0.324. The van der Waals surface area contributed by atoms with Gasteiger partial charge in [-0.15, -0.1) is 0 Å². The van der Waals surface area contributed by atoms with Crippen LogP contribution in [0.25, 0.3) is 0 Å². The number of hydrogen-bond donors (Lipinski definition) is 1. The van der Waals surface area contributed by atoms with Crippen LogP contribution >= 0.6 is 0 Å². The van der Waals surface area contributed by atoms with Crippen LogP contribution in [-0.2, 0) is 0 Å². The molecular weight excluding hydrogens is 268 g/mol. The van der Waals surface area contributed by atoms with Crippen molar-refractivity contribution in [2.45, 2.75) is 0 Å². The second-order valence-electron chi connectivity index (χ2n) is 4.18. The average Bonchev–Trinajstić information content (AvgIpc) is 2.52. The Morgan fingerprint density at radius 1 is 1.00 bits per heavy atom. The topological polar surface area (TPSA) is 74.4 Å². The number of methoxy groups -OCH3 is 2. The molecule has 1 aromatic heterocycles. The van der Waals surface area contributed by atoms with Gasteiger partial charge in [-0.3, -0.25) is 9.78 Å². The summed E-state index contributed by atoms with van der Waals surface area (Å²) in [4.78, 5) is 15.0. The Hall–Kier alpha value is -3.00. The number of aromatic nitrogens is 1. The summed E-state index contributed by atoms with van der Waals surface area (Å²) in [6, 6.07) is 6.95. The van der Waals surface area contributed by atoms with E-state index in [2.05, 4.69) is 16.8 Å². The normalized spacial score (nSPS) is 9.43. The molecule has 0 fully saturated rings. The molecule has 0 aliphatic rings. The Balaban J connectivity index is 2.34. The van der Waals surface area contributed by atoms with Crippen molar-refractivity contribution in [2.24, 2.45) is 5.73 Å². The standard InChI is InChI=1S/C16H14N2O3/c1-20-14-6-11(7-15(8-14)21-2)3-4-12-5-13(16(17)19)10-18-9-12/h5-10H,1-2H3,(H2,17,19). The van der Waals surface area contributed by atoms with Crippen molar-refractivity contribution in [2.75, 3.05) is 14.2 Å². The van der Waals surface area contributed by atoms with Crippen molar-refractivity contribution < 1.29 is 14.3 Å². The van der Waals surface area contributed by atoms with Gasteiger partial charge in [-0.25, -0.2) is 0 Å². The Morgan fingerprint density at radius 2 is 1.62 bits per heavy atom. The van der Waals surface area contributed by atoms with E-state index < -0.39 is 5.91 Å². The molecule has 1 aromatic carbocycles. The molecule has 0 radical (unpaired) electrons. The van der Waals surface area contributed by atoms with Crippen molar-refractivity contribution in [3.05, 3.63) is 53.3 Å². The molecule has 0 aliphatic heterocycles. The van der Waals surface area contributed by atoms with Crippen LogP contribution in [0.5, 0.6) is 11.5 Å². The highest BCUT2D eigenvalue weighted by molar-refractivity contribution is 5.92. The van der Waals surface area contributed by atoms with E-state index in [1.165, 1.54) is 6.20 Å². The van der Waals surface area contributed by atoms with Crippen molar-refractivity contribution >= 4 is 5.91 Å². The number of hydrogen-bond acceptors (Lipinski definition) is 4. The summed E-state index contributed by atoms with van der Waals surface area (Å²) in [6.45, 7) is 0. The molecule has 106 valence electrons. The molecule has 2 aromatic rings. The van der Waals surface area contributed by atoms with Crippen molar-refractivity contribution in [3.8, 4) is 23.3 Å². The maximum absolute atomic E-state index is 11.1. The summed E-state index contributed by atoms with van der Waals surface area (Å²) in [5.41, 5.74) is 6.87. The predicted octanol–water partition coefficient (Wildman–Crippen LogP) is 1.60. The van der Waals surface area contributed by atoms with Crippen LogP contribution in [0.15, 0.2) is 36.7 Å². The number of pyridine rings is 1. The second-order valence-corrected chi connectivity index (χ2v) is 4.18. The zero-order valence-electron chi connectivity index (χ0n) is 11.7. The molecule has 5 heteroatoms. The van der Waals surface area contributed by atoms with Gasteiger partial charge in [0.05, 0.1) is 19.8 Å². The number of carbonyl (C=O) groups excluding carboxylic acids is 1. The monoisotopic (exact) mass is 282 g/mol. The summed E-state index contributed by atoms with van der Waals surface area (Å²) in [5.74, 6) is 6.68. The minimum Gasteiger partial charge on any atom is -0.497 e. The zero-order chi connectivity index (χ0) is 15.2. The fourth-order valence-electron chi connectivity index (χ4n) is 1.67. The minimum atomic E-state index is -0.533. The Labute approximate surface area is 122 Å². The van der Waals surface area contributed by atoms with E-state index in [9.17, 15) is 4.79 Å². The number of carbonyl (C=O) groups is 1. The first kappa shape index (κ1) is 14.4. The zero-order valence-corrected chi connectivity index (χ0v) is 11.7. The van der Waals surface area contributed by atoms with E-state index in [1.807, 2.05) is 0 Å². The number of ether oxygens (including phenoxy) is 2. The molecule has 1 amide bonds. The number of amides is 1. The highest BCUT2D eigenvalue weighted by Gasteiger charge is 2.01. The number of primary amides is 1. The van der Waals surface area contributed by atoms with Crippen LogP contribution in [0.3, 0.4) is 0 Å². The lowest BCUT2D eigenvalue weighted by atomic mass is 10.1. The van der Waals surface area contributed by atoms with Gasteiger partial charge in [0.1, 0.15) is 11.5 Å². The number of nitrogens with zero attached hydrogens (tertiary/aromatic N) is 1. The van der Waals surface area contributed by atoms with Gasteiger partial charge >= 0.3 is 0 Å². The third-order valence-corrected chi connectivity index (χ3v) is 2.73. The van der Waals surface area contributed by atoms with Gasteiger partial charge in [0.15, 0.2) is 0 Å². The average molecular weight is 282 g/mol. The van der Waals surface area contributed by atoms with E-state index in [-0.39, 0.29) is 0 Å². The van der Waals surface area contributed by atoms with Gasteiger partial charge in [0, 0.05) is 29.6 Å². The fraction of sp³-hybridized carbons (Fsp3) is 0.125. The molecule has 0 spiro atoms. The van der Waals surface area contributed by atoms with Crippen LogP contribution in [-0.4, -0.2) is 25.1 Å². The fourth-order valence-corrected chi connectivity index (χ4v) is 1.67. The molecule has 5 nitrogen and oxygen atoms in total. The quantitative estimate of drug-likeness (QED) is 0.868. The summed E-state index contributed by atoms with van der Waals surface area (Å²) in [7, 11) is 3.15. The predicted molar refractivity (Wildman–Crippen MR) is 78.3 cm³/mol. The van der Waals surface area contributed by atoms with Gasteiger partial charge in [-0.1, -0.05) is 11.8 Å². The first-order valence-electron chi connectivity index (χ1n) is 6.12. The molecule has 2 N–H and O–H groups in total. The lowest BCUT2D eigenvalue weighted by Crippen LogP contribution is -2.11. The molecule has 0 unspecified atom stereocenters. The van der Waals surface area contributed by atoms with E-state index in [0.29, 0.717) is 22.6 Å². The molecule has 0 saturated carbocycles. The largest absolute Gasteiger partial charge is 0.497 e. The van der Waals surface area contributed by atoms with Gasteiger partial charge in [-0.2, -0.15) is 0 Å². The van der Waals surface area contributed by atoms with Crippen LogP contribution in [0, 0.1) is 11.8 Å². The van der Waals surface area contributed by atoms with E-state index in [4.69, 9.17) is 15.2 Å². The second kappa shape index (κ2) is 6.44. The van der Waals surface area contributed by atoms with Crippen LogP contribution in [0.2, 0.25) is 0 Å². The number of benzene rings is 1. The highest BCUT2D eigenvalue weighted by Crippen LogP contribution is 2.21. The highest BCUT2D eigenvalue weighted by atomic mass is 16.5. The third-order valence-electron chi connectivity index (χ3n) is 2.73. The summed E-state index contributed by atoms with van der Waals surface area (Å²) < 4.78 is 10.4. The molecule has 0 aliphatic carbocycles. The molecule has 0 atom stereocenters. The molecule has 1 heterocycles. The van der Waals surface area contributed by atoms with Gasteiger partial charge in [-0.05, 0) is 18.2 Å². The third kappa shape index (κ3) is 3.74. The Bertz CT molecular complexity index is 708. The lowest BCUT2D eigenvalue weighted by Gasteiger charge is -2.04. The molecule has 0 bridgehead atoms. The summed E-state index contributed by atoms with van der Waals surface area (Å²) in [6.07, 6.45) is 2.97. The molecular formula is C16H14N2O3. The summed E-state index contributed by atoms with van der Waals surface area (Å²) >= 11 is 0. The summed E-state index contributed by atoms with van der Waals surface area (Å²) in [5, 5.41) is 0. The number of nitrogens with two attached hydrogens (primary N) is 1. The molecule has 0 saturated heterocycles. The van der Waals surface area contributed by atoms with E-state index in [1.54, 1.807) is 44.7 Å². The van der Waals surface area contributed by atoms with E-state index >= 15 is 0 Å². The van der Waals surface area contributed by atoms with Crippen LogP contribution in [0.4, 0.5) is 0 Å². The Kier molecular flexibility index (Phi) is 4.42. The maximum atomic E-state index is 11.1. The van der Waals surface area contributed by atoms with Crippen molar-refractivity contribution in [1.29, 1.82) is 0 Å². The smallest absolute Gasteiger partial charge is 0.250 e.